The fourth-order valence-corrected chi connectivity index (χ4v) is 3.46. The molecule has 1 saturated heterocycles. The van der Waals surface area contributed by atoms with Gasteiger partial charge < -0.3 is 15.0 Å². The zero-order valence-electron chi connectivity index (χ0n) is 15.6. The molecule has 2 aromatic rings. The van der Waals surface area contributed by atoms with Crippen LogP contribution in [-0.2, 0) is 17.9 Å². The number of rotatable bonds is 8. The lowest BCUT2D eigenvalue weighted by Crippen LogP contribution is -2.35. The summed E-state index contributed by atoms with van der Waals surface area (Å²) in [4.78, 5) is 18.8. The summed E-state index contributed by atoms with van der Waals surface area (Å²) in [5.41, 5.74) is 3.16. The van der Waals surface area contributed by atoms with E-state index < -0.39 is 0 Å². The topological polar surface area (TPSA) is 54.5 Å². The predicted molar refractivity (Wildman–Crippen MR) is 102 cm³/mol. The van der Waals surface area contributed by atoms with E-state index in [4.69, 9.17) is 4.74 Å². The molecule has 0 saturated carbocycles. The van der Waals surface area contributed by atoms with Crippen LogP contribution in [0.4, 0.5) is 0 Å². The number of ether oxygens (including phenoxy) is 1. The van der Waals surface area contributed by atoms with E-state index in [0.717, 1.165) is 43.1 Å². The van der Waals surface area contributed by atoms with E-state index in [1.807, 2.05) is 48.2 Å². The molecule has 1 amide bonds. The van der Waals surface area contributed by atoms with Crippen molar-refractivity contribution in [3.63, 3.8) is 0 Å². The summed E-state index contributed by atoms with van der Waals surface area (Å²) < 4.78 is 5.26. The number of likely N-dealkylation sites (tertiary alicyclic amines) is 1. The summed E-state index contributed by atoms with van der Waals surface area (Å²) in [5, 5.41) is 3.48. The van der Waals surface area contributed by atoms with Gasteiger partial charge in [0, 0.05) is 24.7 Å². The molecule has 1 atom stereocenters. The van der Waals surface area contributed by atoms with E-state index in [-0.39, 0.29) is 5.91 Å². The third kappa shape index (κ3) is 4.82. The van der Waals surface area contributed by atoms with Crippen molar-refractivity contribution in [1.82, 2.24) is 15.2 Å². The normalized spacial score (nSPS) is 16.9. The Kier molecular flexibility index (Phi) is 6.23. The first-order valence-corrected chi connectivity index (χ1v) is 9.21. The van der Waals surface area contributed by atoms with Crippen molar-refractivity contribution in [2.75, 3.05) is 13.7 Å². The second-order valence-electron chi connectivity index (χ2n) is 6.80. The monoisotopic (exact) mass is 353 g/mol. The smallest absolute Gasteiger partial charge is 0.223 e. The number of carbonyl (C=O) groups is 1. The van der Waals surface area contributed by atoms with Crippen LogP contribution in [0, 0.1) is 6.92 Å². The minimum atomic E-state index is 0.242. The lowest BCUT2D eigenvalue weighted by atomic mass is 10.1. The number of pyridine rings is 1. The van der Waals surface area contributed by atoms with E-state index in [1.54, 1.807) is 7.11 Å². The summed E-state index contributed by atoms with van der Waals surface area (Å²) in [6.45, 7) is 4.28. The number of nitrogens with zero attached hydrogens (tertiary/aromatic N) is 2. The van der Waals surface area contributed by atoms with Crippen molar-refractivity contribution in [2.24, 2.45) is 0 Å². The number of benzene rings is 1. The summed E-state index contributed by atoms with van der Waals surface area (Å²) in [7, 11) is 1.68. The molecule has 1 N–H and O–H groups in total. The van der Waals surface area contributed by atoms with Crippen LogP contribution in [0.2, 0.25) is 0 Å². The quantitative estimate of drug-likeness (QED) is 0.741. The molecule has 0 bridgehead atoms. The Bertz CT molecular complexity index is 748. The van der Waals surface area contributed by atoms with Gasteiger partial charge in [0.1, 0.15) is 5.75 Å². The number of aryl methyl sites for hydroxylation is 1. The highest BCUT2D eigenvalue weighted by Gasteiger charge is 2.30. The number of aromatic nitrogens is 1. The average Bonchev–Trinajstić information content (AvgIpc) is 2.99. The second-order valence-corrected chi connectivity index (χ2v) is 6.80. The molecule has 138 valence electrons. The average molecular weight is 353 g/mol. The van der Waals surface area contributed by atoms with Crippen LogP contribution < -0.4 is 10.1 Å². The number of methoxy groups -OCH3 is 1. The molecular weight excluding hydrogens is 326 g/mol. The van der Waals surface area contributed by atoms with Crippen LogP contribution in [0.5, 0.6) is 5.75 Å². The second kappa shape index (κ2) is 8.81. The van der Waals surface area contributed by atoms with Crippen LogP contribution in [0.15, 0.2) is 42.5 Å². The van der Waals surface area contributed by atoms with Crippen molar-refractivity contribution < 1.29 is 9.53 Å². The third-order valence-corrected chi connectivity index (χ3v) is 4.85. The minimum Gasteiger partial charge on any atom is -0.497 e. The molecule has 1 fully saturated rings. The van der Waals surface area contributed by atoms with Crippen LogP contribution in [0.25, 0.3) is 0 Å². The minimum absolute atomic E-state index is 0.242. The van der Waals surface area contributed by atoms with Crippen molar-refractivity contribution in [2.45, 2.75) is 45.3 Å². The van der Waals surface area contributed by atoms with Gasteiger partial charge in [0.2, 0.25) is 5.91 Å². The fourth-order valence-electron chi connectivity index (χ4n) is 3.46. The van der Waals surface area contributed by atoms with E-state index in [1.165, 1.54) is 5.56 Å². The highest BCUT2D eigenvalue weighted by atomic mass is 16.5. The van der Waals surface area contributed by atoms with E-state index in [9.17, 15) is 4.79 Å². The number of nitrogens with one attached hydrogen (secondary N) is 1. The number of hydrogen-bond donors (Lipinski definition) is 1. The Labute approximate surface area is 155 Å². The largest absolute Gasteiger partial charge is 0.497 e. The van der Waals surface area contributed by atoms with Gasteiger partial charge in [-0.1, -0.05) is 18.2 Å². The van der Waals surface area contributed by atoms with E-state index in [0.29, 0.717) is 19.0 Å². The maximum Gasteiger partial charge on any atom is 0.223 e. The van der Waals surface area contributed by atoms with E-state index in [2.05, 4.69) is 16.4 Å². The maximum atomic E-state index is 12.3. The molecule has 2 heterocycles. The first-order valence-electron chi connectivity index (χ1n) is 9.21. The summed E-state index contributed by atoms with van der Waals surface area (Å²) in [5.74, 6) is 1.12. The van der Waals surface area contributed by atoms with Gasteiger partial charge in [-0.15, -0.1) is 0 Å². The van der Waals surface area contributed by atoms with Crippen molar-refractivity contribution in [1.29, 1.82) is 0 Å². The van der Waals surface area contributed by atoms with Crippen molar-refractivity contribution >= 4 is 5.91 Å². The molecule has 1 aromatic heterocycles. The fraction of sp³-hybridized carbons (Fsp3) is 0.429. The molecule has 1 aromatic carbocycles. The van der Waals surface area contributed by atoms with Crippen molar-refractivity contribution in [3.8, 4) is 5.75 Å². The van der Waals surface area contributed by atoms with Crippen LogP contribution >= 0.6 is 0 Å². The summed E-state index contributed by atoms with van der Waals surface area (Å²) >= 11 is 0. The number of carbonyl (C=O) groups excluding carboxylic acids is 1. The van der Waals surface area contributed by atoms with Gasteiger partial charge in [-0.25, -0.2) is 0 Å². The molecule has 3 rings (SSSR count). The Morgan fingerprint density at radius 3 is 2.92 bits per heavy atom. The highest BCUT2D eigenvalue weighted by molar-refractivity contribution is 5.78. The molecule has 1 aliphatic rings. The lowest BCUT2D eigenvalue weighted by Gasteiger charge is -2.25. The molecule has 0 spiro atoms. The first kappa shape index (κ1) is 18.4. The van der Waals surface area contributed by atoms with Crippen LogP contribution in [0.1, 0.15) is 36.2 Å². The molecule has 5 heteroatoms. The Morgan fingerprint density at radius 2 is 2.12 bits per heavy atom. The Morgan fingerprint density at radius 1 is 1.27 bits per heavy atom. The zero-order valence-corrected chi connectivity index (χ0v) is 15.6. The standard InChI is InChI=1S/C21H27N3O2/c1-16-5-3-7-18(23-16)15-24-19(9-10-21(24)25)11-12-22-14-17-6-4-8-20(13-17)26-2/h3-8,13,19,22H,9-12,14-15H2,1-2H3. The van der Waals surface area contributed by atoms with Gasteiger partial charge >= 0.3 is 0 Å². The first-order chi connectivity index (χ1) is 12.7. The number of hydrogen-bond acceptors (Lipinski definition) is 4. The molecule has 1 unspecified atom stereocenters. The molecule has 26 heavy (non-hydrogen) atoms. The van der Waals surface area contributed by atoms with Crippen LogP contribution in [0.3, 0.4) is 0 Å². The van der Waals surface area contributed by atoms with Gasteiger partial charge in [-0.05, 0) is 56.1 Å². The molecule has 1 aliphatic heterocycles. The zero-order chi connectivity index (χ0) is 18.4. The summed E-state index contributed by atoms with van der Waals surface area (Å²) in [6, 6.07) is 14.4. The molecule has 5 nitrogen and oxygen atoms in total. The summed E-state index contributed by atoms with van der Waals surface area (Å²) in [6.07, 6.45) is 2.54. The van der Waals surface area contributed by atoms with Gasteiger partial charge in [0.25, 0.3) is 0 Å². The van der Waals surface area contributed by atoms with Crippen LogP contribution in [-0.4, -0.2) is 35.5 Å². The lowest BCUT2D eigenvalue weighted by molar-refractivity contribution is -0.129. The molecule has 0 aliphatic carbocycles. The van der Waals surface area contributed by atoms with Gasteiger partial charge in [0.15, 0.2) is 0 Å². The van der Waals surface area contributed by atoms with Gasteiger partial charge in [-0.2, -0.15) is 0 Å². The SMILES string of the molecule is COc1cccc(CNCCC2CCC(=O)N2Cc2cccc(C)n2)c1. The predicted octanol–water partition coefficient (Wildman–Crippen LogP) is 3.07. The third-order valence-electron chi connectivity index (χ3n) is 4.85. The van der Waals surface area contributed by atoms with Gasteiger partial charge in [-0.3, -0.25) is 9.78 Å². The van der Waals surface area contributed by atoms with Crippen molar-refractivity contribution in [3.05, 3.63) is 59.4 Å². The molecular formula is C21H27N3O2. The highest BCUT2D eigenvalue weighted by Crippen LogP contribution is 2.23. The van der Waals surface area contributed by atoms with Gasteiger partial charge in [0.05, 0.1) is 19.3 Å². The molecule has 0 radical (unpaired) electrons. The Balaban J connectivity index is 1.49. The number of amides is 1. The Hall–Kier alpha value is -2.40. The maximum absolute atomic E-state index is 12.3. The van der Waals surface area contributed by atoms with E-state index >= 15 is 0 Å².